The third kappa shape index (κ3) is 4.20. The van der Waals surface area contributed by atoms with Crippen molar-refractivity contribution in [1.29, 1.82) is 0 Å². The number of nitrogens with zero attached hydrogens (tertiary/aromatic N) is 4. The van der Waals surface area contributed by atoms with Gasteiger partial charge in [0.05, 0.1) is 28.6 Å². The summed E-state index contributed by atoms with van der Waals surface area (Å²) < 4.78 is 0. The van der Waals surface area contributed by atoms with Gasteiger partial charge in [-0.2, -0.15) is 5.10 Å². The van der Waals surface area contributed by atoms with Crippen molar-refractivity contribution in [2.24, 2.45) is 5.10 Å². The lowest BCUT2D eigenvalue weighted by molar-refractivity contribution is -0.384. The highest BCUT2D eigenvalue weighted by molar-refractivity contribution is 5.87. The van der Waals surface area contributed by atoms with E-state index in [1.807, 2.05) is 18.2 Å². The monoisotopic (exact) mass is 335 g/mol. The van der Waals surface area contributed by atoms with Gasteiger partial charge in [0.1, 0.15) is 0 Å². The van der Waals surface area contributed by atoms with Crippen molar-refractivity contribution in [3.63, 3.8) is 0 Å². The molecule has 8 nitrogen and oxygen atoms in total. The number of rotatable bonds is 5. The molecule has 0 saturated carbocycles. The number of nitro benzene ring substituents is 1. The third-order valence-corrected chi connectivity index (χ3v) is 3.41. The van der Waals surface area contributed by atoms with Gasteiger partial charge in [-0.1, -0.05) is 18.2 Å². The van der Waals surface area contributed by atoms with Crippen molar-refractivity contribution in [2.75, 3.05) is 0 Å². The second-order valence-corrected chi connectivity index (χ2v) is 5.20. The molecule has 0 radical (unpaired) electrons. The van der Waals surface area contributed by atoms with E-state index in [1.54, 1.807) is 24.5 Å². The first-order valence-corrected chi connectivity index (χ1v) is 7.38. The topological polar surface area (TPSA) is 110 Å². The molecule has 0 spiro atoms. The Kier molecular flexibility index (Phi) is 4.70. The van der Waals surface area contributed by atoms with Crippen LogP contribution in [0.1, 0.15) is 11.1 Å². The highest BCUT2D eigenvalue weighted by atomic mass is 16.6. The van der Waals surface area contributed by atoms with Gasteiger partial charge >= 0.3 is 0 Å². The molecule has 1 heterocycles. The summed E-state index contributed by atoms with van der Waals surface area (Å²) in [6.45, 7) is 0. The number of nitro groups is 1. The zero-order chi connectivity index (χ0) is 17.6. The van der Waals surface area contributed by atoms with Crippen molar-refractivity contribution < 1.29 is 9.72 Å². The molecule has 2 aromatic carbocycles. The number of hydrazone groups is 1. The van der Waals surface area contributed by atoms with Crippen LogP contribution in [0.25, 0.3) is 11.0 Å². The van der Waals surface area contributed by atoms with Crippen molar-refractivity contribution in [2.45, 2.75) is 6.42 Å². The predicted octanol–water partition coefficient (Wildman–Crippen LogP) is 2.23. The fraction of sp³-hybridized carbons (Fsp3) is 0.0588. The van der Waals surface area contributed by atoms with Gasteiger partial charge in [0.15, 0.2) is 0 Å². The van der Waals surface area contributed by atoms with Crippen LogP contribution < -0.4 is 5.43 Å². The lowest BCUT2D eigenvalue weighted by Gasteiger charge is -2.01. The molecule has 0 fully saturated rings. The molecule has 25 heavy (non-hydrogen) atoms. The van der Waals surface area contributed by atoms with Gasteiger partial charge in [-0.3, -0.25) is 24.9 Å². The van der Waals surface area contributed by atoms with E-state index >= 15 is 0 Å². The minimum atomic E-state index is -0.484. The Balaban J connectivity index is 1.59. The number of fused-ring (bicyclic) bond motifs is 1. The number of amides is 1. The molecule has 0 unspecified atom stereocenters. The Morgan fingerprint density at radius 2 is 1.84 bits per heavy atom. The van der Waals surface area contributed by atoms with Gasteiger partial charge in [0, 0.05) is 24.5 Å². The molecule has 124 valence electrons. The zero-order valence-corrected chi connectivity index (χ0v) is 13.0. The minimum absolute atomic E-state index is 0.0124. The second kappa shape index (κ2) is 7.26. The number of carbonyl (C=O) groups excluding carboxylic acids is 1. The molecule has 1 N–H and O–H groups in total. The van der Waals surface area contributed by atoms with Crippen molar-refractivity contribution in [3.05, 3.63) is 76.1 Å². The highest BCUT2D eigenvalue weighted by Gasteiger charge is 2.06. The number of hydrogen-bond donors (Lipinski definition) is 1. The largest absolute Gasteiger partial charge is 0.273 e. The maximum absolute atomic E-state index is 11.9. The summed E-state index contributed by atoms with van der Waals surface area (Å²) in [6.07, 6.45) is 4.82. The van der Waals surface area contributed by atoms with Crippen LogP contribution in [-0.4, -0.2) is 27.0 Å². The Morgan fingerprint density at radius 1 is 1.12 bits per heavy atom. The maximum Gasteiger partial charge on any atom is 0.269 e. The van der Waals surface area contributed by atoms with E-state index in [0.717, 1.165) is 16.6 Å². The van der Waals surface area contributed by atoms with Crippen LogP contribution in [0, 0.1) is 10.1 Å². The predicted molar refractivity (Wildman–Crippen MR) is 92.1 cm³/mol. The molecule has 1 amide bonds. The normalized spacial score (nSPS) is 10.9. The average molecular weight is 335 g/mol. The van der Waals surface area contributed by atoms with Gasteiger partial charge in [-0.25, -0.2) is 5.43 Å². The van der Waals surface area contributed by atoms with Crippen LogP contribution in [0.4, 0.5) is 5.69 Å². The quantitative estimate of drug-likeness (QED) is 0.437. The Bertz CT molecular complexity index is 954. The molecule has 0 saturated heterocycles. The number of nitrogens with one attached hydrogen (secondary N) is 1. The molecule has 0 bridgehead atoms. The van der Waals surface area contributed by atoms with Crippen molar-refractivity contribution in [3.8, 4) is 0 Å². The summed E-state index contributed by atoms with van der Waals surface area (Å²) in [5, 5.41) is 14.5. The summed E-state index contributed by atoms with van der Waals surface area (Å²) >= 11 is 0. The van der Waals surface area contributed by atoms with Crippen LogP contribution in [0.3, 0.4) is 0 Å². The first-order valence-electron chi connectivity index (χ1n) is 7.38. The van der Waals surface area contributed by atoms with Crippen LogP contribution in [-0.2, 0) is 11.2 Å². The summed E-state index contributed by atoms with van der Waals surface area (Å²) in [4.78, 5) is 30.3. The summed E-state index contributed by atoms with van der Waals surface area (Å²) in [6, 6.07) is 11.3. The Labute approximate surface area is 142 Å². The zero-order valence-electron chi connectivity index (χ0n) is 13.0. The van der Waals surface area contributed by atoms with E-state index in [-0.39, 0.29) is 18.0 Å². The lowest BCUT2D eigenvalue weighted by atomic mass is 10.1. The Morgan fingerprint density at radius 3 is 2.56 bits per heavy atom. The average Bonchev–Trinajstić information content (AvgIpc) is 2.62. The molecule has 0 aliphatic carbocycles. The fourth-order valence-electron chi connectivity index (χ4n) is 2.20. The molecule has 8 heteroatoms. The summed E-state index contributed by atoms with van der Waals surface area (Å²) in [5.41, 5.74) is 5.38. The first-order chi connectivity index (χ1) is 12.1. The van der Waals surface area contributed by atoms with Gasteiger partial charge < -0.3 is 0 Å². The van der Waals surface area contributed by atoms with Crippen LogP contribution in [0.5, 0.6) is 0 Å². The molecule has 0 aliphatic rings. The van der Waals surface area contributed by atoms with E-state index in [9.17, 15) is 14.9 Å². The fourth-order valence-corrected chi connectivity index (χ4v) is 2.20. The molecule has 1 aromatic heterocycles. The minimum Gasteiger partial charge on any atom is -0.273 e. The highest BCUT2D eigenvalue weighted by Crippen LogP contribution is 2.12. The molecule has 0 aliphatic heterocycles. The molecular formula is C17H13N5O3. The SMILES string of the molecule is O=C(Cc1ccc([N+](=O)[O-])cc1)NN=Cc1ccc2nccnc2c1. The first kappa shape index (κ1) is 16.2. The second-order valence-electron chi connectivity index (χ2n) is 5.20. The Hall–Kier alpha value is -3.68. The van der Waals surface area contributed by atoms with Crippen molar-refractivity contribution in [1.82, 2.24) is 15.4 Å². The number of carbonyl (C=O) groups is 1. The van der Waals surface area contributed by atoms with E-state index in [0.29, 0.717) is 5.56 Å². The van der Waals surface area contributed by atoms with E-state index in [4.69, 9.17) is 0 Å². The smallest absolute Gasteiger partial charge is 0.269 e. The summed E-state index contributed by atoms with van der Waals surface area (Å²) in [5.74, 6) is -0.314. The van der Waals surface area contributed by atoms with E-state index in [2.05, 4.69) is 20.5 Å². The maximum atomic E-state index is 11.9. The standard InChI is InChI=1S/C17H13N5O3/c23-17(10-12-1-4-14(5-2-12)22(24)25)21-20-11-13-3-6-15-16(9-13)19-8-7-18-15/h1-9,11H,10H2,(H,21,23). The number of benzene rings is 2. The van der Waals surface area contributed by atoms with E-state index in [1.165, 1.54) is 18.3 Å². The summed E-state index contributed by atoms with van der Waals surface area (Å²) in [7, 11) is 0. The van der Waals surface area contributed by atoms with Crippen molar-refractivity contribution >= 4 is 28.8 Å². The van der Waals surface area contributed by atoms with E-state index < -0.39 is 4.92 Å². The third-order valence-electron chi connectivity index (χ3n) is 3.41. The van der Waals surface area contributed by atoms with Gasteiger partial charge in [-0.05, 0) is 23.3 Å². The van der Waals surface area contributed by atoms with Gasteiger partial charge in [0.25, 0.3) is 5.69 Å². The number of non-ortho nitro benzene ring substituents is 1. The van der Waals surface area contributed by atoms with Crippen LogP contribution in [0.15, 0.2) is 60.0 Å². The number of aromatic nitrogens is 2. The molecule has 0 atom stereocenters. The molecule has 3 aromatic rings. The number of hydrogen-bond acceptors (Lipinski definition) is 6. The van der Waals surface area contributed by atoms with Gasteiger partial charge in [0.2, 0.25) is 5.91 Å². The molecule has 3 rings (SSSR count). The van der Waals surface area contributed by atoms with Gasteiger partial charge in [-0.15, -0.1) is 0 Å². The lowest BCUT2D eigenvalue weighted by Crippen LogP contribution is -2.19. The van der Waals surface area contributed by atoms with Crippen LogP contribution in [0.2, 0.25) is 0 Å². The molecular weight excluding hydrogens is 322 g/mol. The van der Waals surface area contributed by atoms with Crippen LogP contribution >= 0.6 is 0 Å².